The molecule has 2 amide bonds. The van der Waals surface area contributed by atoms with Gasteiger partial charge in [-0.15, -0.1) is 0 Å². The largest absolute Gasteiger partial charge is 0.488 e. The second-order valence-electron chi connectivity index (χ2n) is 7.81. The molecule has 6 nitrogen and oxygen atoms in total. The van der Waals surface area contributed by atoms with Crippen molar-refractivity contribution in [2.75, 3.05) is 16.8 Å². The number of likely N-dealkylation sites (N-methyl/N-ethyl adjacent to an activating group) is 1. The van der Waals surface area contributed by atoms with Gasteiger partial charge in [-0.1, -0.05) is 24.3 Å². The first-order chi connectivity index (χ1) is 15.9. The Hall–Kier alpha value is -4.07. The predicted octanol–water partition coefficient (Wildman–Crippen LogP) is 4.18. The molecule has 0 saturated carbocycles. The molecule has 1 N–H and O–H groups in total. The van der Waals surface area contributed by atoms with E-state index in [0.717, 1.165) is 17.7 Å². The van der Waals surface area contributed by atoms with Crippen molar-refractivity contribution in [2.24, 2.45) is 0 Å². The van der Waals surface area contributed by atoms with Crippen LogP contribution in [0.3, 0.4) is 0 Å². The van der Waals surface area contributed by atoms with Crippen LogP contribution >= 0.6 is 0 Å². The van der Waals surface area contributed by atoms with Crippen LogP contribution in [0.15, 0.2) is 54.6 Å². The zero-order valence-electron chi connectivity index (χ0n) is 17.5. The quantitative estimate of drug-likeness (QED) is 0.610. The van der Waals surface area contributed by atoms with Gasteiger partial charge in [0.25, 0.3) is 0 Å². The molecular weight excluding hydrogens is 430 g/mol. The third-order valence-corrected chi connectivity index (χ3v) is 5.90. The van der Waals surface area contributed by atoms with Gasteiger partial charge in [-0.2, -0.15) is 0 Å². The molecule has 5 rings (SSSR count). The van der Waals surface area contributed by atoms with Crippen molar-refractivity contribution in [3.05, 3.63) is 88.5 Å². The molecule has 0 bridgehead atoms. The lowest BCUT2D eigenvalue weighted by molar-refractivity contribution is -0.126. The van der Waals surface area contributed by atoms with Crippen LogP contribution in [0.2, 0.25) is 0 Å². The first-order valence-electron chi connectivity index (χ1n) is 10.4. The highest BCUT2D eigenvalue weighted by Crippen LogP contribution is 2.43. The van der Waals surface area contributed by atoms with Gasteiger partial charge in [0, 0.05) is 35.0 Å². The number of rotatable bonds is 3. The van der Waals surface area contributed by atoms with Crippen LogP contribution in [0.4, 0.5) is 20.2 Å². The first-order valence-corrected chi connectivity index (χ1v) is 10.4. The molecule has 8 heteroatoms. The van der Waals surface area contributed by atoms with Crippen LogP contribution in [0.1, 0.15) is 39.9 Å². The van der Waals surface area contributed by atoms with Crippen molar-refractivity contribution in [3.63, 3.8) is 0 Å². The number of hydrogen-bond acceptors (Lipinski definition) is 4. The molecule has 0 aliphatic carbocycles. The van der Waals surface area contributed by atoms with Gasteiger partial charge in [-0.3, -0.25) is 14.4 Å². The molecule has 0 fully saturated rings. The second-order valence-corrected chi connectivity index (χ2v) is 7.81. The number of fused-ring (bicyclic) bond motifs is 3. The van der Waals surface area contributed by atoms with Gasteiger partial charge >= 0.3 is 0 Å². The van der Waals surface area contributed by atoms with Crippen LogP contribution in [-0.4, -0.2) is 24.1 Å². The number of benzene rings is 3. The SMILES string of the molecule is CCN1C(=O)C(C(=O)Nc2ccc(F)cc2F)c2cc3c(cc21)C(=O)c1ccccc1CO3. The molecule has 2 aliphatic heterocycles. The Morgan fingerprint density at radius 3 is 2.64 bits per heavy atom. The van der Waals surface area contributed by atoms with E-state index in [1.165, 1.54) is 11.0 Å². The number of amides is 2. The molecule has 0 saturated heterocycles. The summed E-state index contributed by atoms with van der Waals surface area (Å²) in [6.45, 7) is 2.18. The molecule has 0 aromatic heterocycles. The minimum Gasteiger partial charge on any atom is -0.488 e. The van der Waals surface area contributed by atoms with Crippen LogP contribution < -0.4 is 15.0 Å². The zero-order valence-corrected chi connectivity index (χ0v) is 17.5. The van der Waals surface area contributed by atoms with E-state index in [4.69, 9.17) is 4.74 Å². The van der Waals surface area contributed by atoms with E-state index in [1.54, 1.807) is 25.1 Å². The summed E-state index contributed by atoms with van der Waals surface area (Å²) in [5.74, 6) is -4.21. The van der Waals surface area contributed by atoms with Gasteiger partial charge in [0.2, 0.25) is 11.8 Å². The van der Waals surface area contributed by atoms with E-state index >= 15 is 0 Å². The fraction of sp³-hybridized carbons (Fsp3) is 0.160. The third kappa shape index (κ3) is 3.34. The first kappa shape index (κ1) is 20.8. The summed E-state index contributed by atoms with van der Waals surface area (Å²) < 4.78 is 33.1. The number of hydrogen-bond donors (Lipinski definition) is 1. The Morgan fingerprint density at radius 1 is 1.09 bits per heavy atom. The normalized spacial score (nSPS) is 16.5. The monoisotopic (exact) mass is 448 g/mol. The molecule has 2 heterocycles. The van der Waals surface area contributed by atoms with Crippen molar-refractivity contribution < 1.29 is 27.9 Å². The highest BCUT2D eigenvalue weighted by molar-refractivity contribution is 6.21. The molecule has 3 aromatic rings. The van der Waals surface area contributed by atoms with Crippen molar-refractivity contribution >= 4 is 29.0 Å². The molecule has 0 spiro atoms. The van der Waals surface area contributed by atoms with Gasteiger partial charge in [0.05, 0.1) is 11.3 Å². The lowest BCUT2D eigenvalue weighted by Gasteiger charge is -2.16. The highest BCUT2D eigenvalue weighted by Gasteiger charge is 2.43. The fourth-order valence-corrected chi connectivity index (χ4v) is 4.30. The van der Waals surface area contributed by atoms with E-state index in [1.807, 2.05) is 12.1 Å². The predicted molar refractivity (Wildman–Crippen MR) is 116 cm³/mol. The van der Waals surface area contributed by atoms with Gasteiger partial charge < -0.3 is 15.0 Å². The van der Waals surface area contributed by atoms with E-state index in [-0.39, 0.29) is 30.4 Å². The van der Waals surface area contributed by atoms with Gasteiger partial charge in [-0.25, -0.2) is 8.78 Å². The topological polar surface area (TPSA) is 75.7 Å². The molecule has 0 radical (unpaired) electrons. The van der Waals surface area contributed by atoms with E-state index in [9.17, 15) is 23.2 Å². The Labute approximate surface area is 187 Å². The van der Waals surface area contributed by atoms with Crippen LogP contribution in [0, 0.1) is 11.6 Å². The zero-order chi connectivity index (χ0) is 23.3. The van der Waals surface area contributed by atoms with Gasteiger partial charge in [0.15, 0.2) is 5.78 Å². The highest BCUT2D eigenvalue weighted by atomic mass is 19.1. The maximum Gasteiger partial charge on any atom is 0.244 e. The minimum absolute atomic E-state index is 0.163. The van der Waals surface area contributed by atoms with Crippen molar-refractivity contribution in [3.8, 4) is 5.75 Å². The molecule has 2 aliphatic rings. The number of carbonyl (C=O) groups excluding carboxylic acids is 3. The average Bonchev–Trinajstić information content (AvgIpc) is 3.00. The smallest absolute Gasteiger partial charge is 0.244 e. The standard InChI is InChI=1S/C25H18F2N2O4/c1-2-29-20-10-17-21(33-12-13-5-3-4-6-15(13)23(17)30)11-16(20)22(25(29)32)24(31)28-19-8-7-14(26)9-18(19)27/h3-11,22H,2,12H2,1H3,(H,28,31). The van der Waals surface area contributed by atoms with Crippen molar-refractivity contribution in [2.45, 2.75) is 19.4 Å². The number of ketones is 1. The average molecular weight is 448 g/mol. The summed E-state index contributed by atoms with van der Waals surface area (Å²) in [4.78, 5) is 40.7. The summed E-state index contributed by atoms with van der Waals surface area (Å²) in [6, 6.07) is 13.0. The molecular formula is C25H18F2N2O4. The van der Waals surface area contributed by atoms with Crippen LogP contribution in [-0.2, 0) is 16.2 Å². The summed E-state index contributed by atoms with van der Waals surface area (Å²) in [5.41, 5.74) is 2.11. The fourth-order valence-electron chi connectivity index (χ4n) is 4.30. The lowest BCUT2D eigenvalue weighted by Crippen LogP contribution is -2.33. The number of nitrogens with one attached hydrogen (secondary N) is 1. The van der Waals surface area contributed by atoms with Crippen LogP contribution in [0.25, 0.3) is 0 Å². The summed E-state index contributed by atoms with van der Waals surface area (Å²) in [7, 11) is 0. The third-order valence-electron chi connectivity index (χ3n) is 5.90. The summed E-state index contributed by atoms with van der Waals surface area (Å²) in [6.07, 6.45) is 0. The molecule has 1 atom stereocenters. The Bertz CT molecular complexity index is 1340. The van der Waals surface area contributed by atoms with E-state index in [0.29, 0.717) is 28.4 Å². The van der Waals surface area contributed by atoms with E-state index < -0.39 is 29.4 Å². The molecule has 166 valence electrons. The number of nitrogens with zero attached hydrogens (tertiary/aromatic N) is 1. The number of ether oxygens (including phenoxy) is 1. The van der Waals surface area contributed by atoms with Gasteiger partial charge in [0.1, 0.15) is 29.9 Å². The van der Waals surface area contributed by atoms with Crippen molar-refractivity contribution in [1.82, 2.24) is 0 Å². The Morgan fingerprint density at radius 2 is 1.88 bits per heavy atom. The summed E-state index contributed by atoms with van der Waals surface area (Å²) in [5, 5.41) is 2.37. The maximum absolute atomic E-state index is 14.1. The molecule has 3 aromatic carbocycles. The molecule has 33 heavy (non-hydrogen) atoms. The number of anilines is 2. The van der Waals surface area contributed by atoms with Gasteiger partial charge in [-0.05, 0) is 31.2 Å². The minimum atomic E-state index is -1.26. The van der Waals surface area contributed by atoms with Crippen LogP contribution in [0.5, 0.6) is 5.75 Å². The molecule has 1 unspecified atom stereocenters. The summed E-state index contributed by atoms with van der Waals surface area (Å²) >= 11 is 0. The maximum atomic E-state index is 14.1. The van der Waals surface area contributed by atoms with Crippen molar-refractivity contribution in [1.29, 1.82) is 0 Å². The lowest BCUT2D eigenvalue weighted by atomic mass is 9.94. The Kier molecular flexibility index (Phi) is 4.92. The second kappa shape index (κ2) is 7.81. The number of carbonyl (C=O) groups is 3. The Balaban J connectivity index is 1.56. The van der Waals surface area contributed by atoms with E-state index in [2.05, 4.69) is 5.32 Å². The number of halogens is 2.